The third-order valence-electron chi connectivity index (χ3n) is 2.69. The maximum Gasteiger partial charge on any atom is 0.407 e. The molecule has 1 rings (SSSR count). The van der Waals surface area contributed by atoms with Crippen LogP contribution in [0.3, 0.4) is 0 Å². The number of nitrogens with one attached hydrogen (secondary N) is 1. The van der Waals surface area contributed by atoms with Crippen molar-refractivity contribution in [2.75, 3.05) is 13.7 Å². The zero-order valence-corrected chi connectivity index (χ0v) is 17.4. The number of alkyl carbamates (subject to hydrolysis) is 1. The molecule has 1 atom stereocenters. The number of methoxy groups -OCH3 is 1. The van der Waals surface area contributed by atoms with Crippen LogP contribution in [0.5, 0.6) is 5.75 Å². The fourth-order valence-corrected chi connectivity index (χ4v) is 4.18. The molecule has 0 aliphatic rings. The maximum atomic E-state index is 11.8. The van der Waals surface area contributed by atoms with Crippen LogP contribution in [0.1, 0.15) is 26.3 Å². The number of amides is 1. The van der Waals surface area contributed by atoms with Crippen LogP contribution in [0.2, 0.25) is 0 Å². The largest absolute Gasteiger partial charge is 0.495 e. The number of carbonyl (C=O) groups is 1. The molecule has 1 amide bonds. The Balaban J connectivity index is 2.76. The predicted molar refractivity (Wildman–Crippen MR) is 102 cm³/mol. The molecule has 0 aromatic heterocycles. The van der Waals surface area contributed by atoms with Gasteiger partial charge in [0.15, 0.2) is 0 Å². The van der Waals surface area contributed by atoms with Gasteiger partial charge in [0.25, 0.3) is 0 Å². The van der Waals surface area contributed by atoms with Crippen LogP contribution in [0.15, 0.2) is 12.1 Å². The van der Waals surface area contributed by atoms with Gasteiger partial charge < -0.3 is 19.9 Å². The highest BCUT2D eigenvalue weighted by Crippen LogP contribution is 2.29. The molecule has 124 valence electrons. The Morgan fingerprint density at radius 1 is 1.32 bits per heavy atom. The van der Waals surface area contributed by atoms with E-state index in [0.29, 0.717) is 6.42 Å². The molecule has 1 aromatic carbocycles. The van der Waals surface area contributed by atoms with Crippen molar-refractivity contribution in [1.29, 1.82) is 0 Å². The lowest BCUT2D eigenvalue weighted by atomic mass is 10.1. The molecule has 0 aliphatic heterocycles. The molecule has 22 heavy (non-hydrogen) atoms. The number of hydrogen-bond acceptors (Lipinski definition) is 4. The lowest BCUT2D eigenvalue weighted by Crippen LogP contribution is -2.42. The fourth-order valence-electron chi connectivity index (χ4n) is 1.85. The minimum Gasteiger partial charge on any atom is -0.495 e. The number of hydrogen-bond donors (Lipinski definition) is 2. The number of halogens is 2. The average molecular weight is 533 g/mol. The molecule has 0 fully saturated rings. The van der Waals surface area contributed by atoms with Gasteiger partial charge in [0.1, 0.15) is 11.4 Å². The molecule has 1 aromatic rings. The summed E-state index contributed by atoms with van der Waals surface area (Å²) in [6, 6.07) is 3.58. The zero-order chi connectivity index (χ0) is 16.9. The Hall–Kier alpha value is -0.290. The third kappa shape index (κ3) is 6.45. The molecule has 5 nitrogen and oxygen atoms in total. The van der Waals surface area contributed by atoms with Crippen molar-refractivity contribution < 1.29 is 19.4 Å². The van der Waals surface area contributed by atoms with Crippen molar-refractivity contribution in [1.82, 2.24) is 5.32 Å². The number of aliphatic hydroxyl groups is 1. The van der Waals surface area contributed by atoms with Crippen molar-refractivity contribution in [3.05, 3.63) is 24.8 Å². The average Bonchev–Trinajstić information content (AvgIpc) is 2.35. The van der Waals surface area contributed by atoms with Crippen molar-refractivity contribution >= 4 is 51.3 Å². The highest BCUT2D eigenvalue weighted by atomic mass is 127. The topological polar surface area (TPSA) is 67.8 Å². The molecule has 0 radical (unpaired) electrons. The number of carbonyl (C=O) groups excluding carboxylic acids is 1. The van der Waals surface area contributed by atoms with E-state index < -0.39 is 17.7 Å². The monoisotopic (exact) mass is 533 g/mol. The first-order valence-electron chi connectivity index (χ1n) is 6.78. The van der Waals surface area contributed by atoms with E-state index in [1.807, 2.05) is 12.1 Å². The Bertz CT molecular complexity index is 506. The first-order chi connectivity index (χ1) is 10.2. The molecule has 7 heteroatoms. The molecule has 2 N–H and O–H groups in total. The van der Waals surface area contributed by atoms with Gasteiger partial charge >= 0.3 is 6.09 Å². The maximum absolute atomic E-state index is 11.8. The Morgan fingerprint density at radius 3 is 2.27 bits per heavy atom. The van der Waals surface area contributed by atoms with Crippen LogP contribution in [0.25, 0.3) is 0 Å². The molecule has 0 aliphatic carbocycles. The fraction of sp³-hybridized carbons (Fsp3) is 0.533. The Labute approximate surface area is 158 Å². The molecular formula is C15H21I2NO4. The zero-order valence-electron chi connectivity index (χ0n) is 13.1. The van der Waals surface area contributed by atoms with Crippen LogP contribution < -0.4 is 10.1 Å². The van der Waals surface area contributed by atoms with Gasteiger partial charge in [0, 0.05) is 0 Å². The Kier molecular flexibility index (Phi) is 7.66. The summed E-state index contributed by atoms with van der Waals surface area (Å²) < 4.78 is 12.5. The second kappa shape index (κ2) is 8.53. The first-order valence-corrected chi connectivity index (χ1v) is 8.94. The molecule has 0 spiro atoms. The highest BCUT2D eigenvalue weighted by molar-refractivity contribution is 14.1. The van der Waals surface area contributed by atoms with Crippen LogP contribution in [0.4, 0.5) is 4.79 Å². The normalized spacial score (nSPS) is 12.7. The van der Waals surface area contributed by atoms with E-state index in [0.717, 1.165) is 18.5 Å². The van der Waals surface area contributed by atoms with E-state index in [4.69, 9.17) is 9.47 Å². The van der Waals surface area contributed by atoms with Gasteiger partial charge in [-0.25, -0.2) is 4.79 Å². The van der Waals surface area contributed by atoms with Gasteiger partial charge in [-0.2, -0.15) is 0 Å². The lowest BCUT2D eigenvalue weighted by Gasteiger charge is -2.23. The minimum absolute atomic E-state index is 0.154. The molecule has 0 saturated heterocycles. The minimum atomic E-state index is -0.561. The van der Waals surface area contributed by atoms with E-state index in [1.54, 1.807) is 27.9 Å². The van der Waals surface area contributed by atoms with Crippen LogP contribution >= 0.6 is 45.2 Å². The molecule has 0 bridgehead atoms. The predicted octanol–water partition coefficient (Wildman–Crippen LogP) is 3.33. The summed E-state index contributed by atoms with van der Waals surface area (Å²) in [6.07, 6.45) is -0.00407. The number of ether oxygens (including phenoxy) is 2. The van der Waals surface area contributed by atoms with E-state index >= 15 is 0 Å². The number of aliphatic hydroxyl groups excluding tert-OH is 1. The van der Waals surface area contributed by atoms with Crippen molar-refractivity contribution in [2.24, 2.45) is 0 Å². The third-order valence-corrected chi connectivity index (χ3v) is 4.29. The summed E-state index contributed by atoms with van der Waals surface area (Å²) in [7, 11) is 1.64. The van der Waals surface area contributed by atoms with Crippen molar-refractivity contribution in [3.63, 3.8) is 0 Å². The van der Waals surface area contributed by atoms with Gasteiger partial charge in [-0.3, -0.25) is 0 Å². The van der Waals surface area contributed by atoms with Gasteiger partial charge in [0.05, 0.1) is 26.9 Å². The van der Waals surface area contributed by atoms with E-state index in [-0.39, 0.29) is 6.61 Å². The molecule has 0 saturated carbocycles. The van der Waals surface area contributed by atoms with Crippen LogP contribution in [-0.4, -0.2) is 36.6 Å². The lowest BCUT2D eigenvalue weighted by molar-refractivity contribution is 0.0483. The highest BCUT2D eigenvalue weighted by Gasteiger charge is 2.20. The summed E-state index contributed by atoms with van der Waals surface area (Å²) in [5.74, 6) is 0.839. The number of benzene rings is 1. The van der Waals surface area contributed by atoms with Crippen LogP contribution in [-0.2, 0) is 11.2 Å². The number of rotatable bonds is 5. The smallest absolute Gasteiger partial charge is 0.407 e. The molecule has 0 unspecified atom stereocenters. The Morgan fingerprint density at radius 2 is 1.86 bits per heavy atom. The summed E-state index contributed by atoms with van der Waals surface area (Å²) in [5.41, 5.74) is 0.458. The summed E-state index contributed by atoms with van der Waals surface area (Å²) in [5, 5.41) is 12.2. The van der Waals surface area contributed by atoms with Crippen molar-refractivity contribution in [3.8, 4) is 5.75 Å². The molecular weight excluding hydrogens is 512 g/mol. The first kappa shape index (κ1) is 19.8. The van der Waals surface area contributed by atoms with E-state index in [9.17, 15) is 9.90 Å². The summed E-state index contributed by atoms with van der Waals surface area (Å²) >= 11 is 4.42. The van der Waals surface area contributed by atoms with Crippen molar-refractivity contribution in [2.45, 2.75) is 38.8 Å². The van der Waals surface area contributed by atoms with E-state index in [1.165, 1.54) is 0 Å². The second-order valence-corrected chi connectivity index (χ2v) is 8.15. The second-order valence-electron chi connectivity index (χ2n) is 5.82. The van der Waals surface area contributed by atoms with Gasteiger partial charge in [-0.1, -0.05) is 0 Å². The van der Waals surface area contributed by atoms with Gasteiger partial charge in [0.2, 0.25) is 0 Å². The van der Waals surface area contributed by atoms with Crippen LogP contribution in [0, 0.1) is 7.14 Å². The van der Waals surface area contributed by atoms with Gasteiger partial charge in [-0.05, 0) is 90.1 Å². The SMILES string of the molecule is COc1c(I)cc(C[C@@H](CO)NC(=O)OC(C)(C)C)cc1I. The summed E-state index contributed by atoms with van der Waals surface area (Å²) in [6.45, 7) is 5.25. The quantitative estimate of drug-likeness (QED) is 0.571. The standard InChI is InChI=1S/C15H21I2NO4/c1-15(2,3)22-14(20)18-10(8-19)5-9-6-11(16)13(21-4)12(17)7-9/h6-7,10,19H,5,8H2,1-4H3,(H,18,20)/t10-/m0/s1. The van der Waals surface area contributed by atoms with Gasteiger partial charge in [-0.15, -0.1) is 0 Å². The molecule has 0 heterocycles. The van der Waals surface area contributed by atoms with E-state index in [2.05, 4.69) is 50.5 Å². The summed E-state index contributed by atoms with van der Waals surface area (Å²) in [4.78, 5) is 11.8.